The second-order valence-corrected chi connectivity index (χ2v) is 6.37. The summed E-state index contributed by atoms with van der Waals surface area (Å²) in [5, 5.41) is 0.994. The van der Waals surface area contributed by atoms with E-state index in [0.717, 1.165) is 35.6 Å². The first-order valence-corrected chi connectivity index (χ1v) is 8.22. The van der Waals surface area contributed by atoms with Crippen molar-refractivity contribution in [2.45, 2.75) is 19.3 Å². The minimum atomic E-state index is -3.34. The van der Waals surface area contributed by atoms with Gasteiger partial charge in [-0.2, -0.15) is 8.42 Å². The van der Waals surface area contributed by atoms with Crippen LogP contribution in [0.15, 0.2) is 35.1 Å². The molecule has 108 valence electrons. The van der Waals surface area contributed by atoms with E-state index in [2.05, 4.69) is 9.17 Å². The molecule has 2 aromatic rings. The third-order valence-corrected chi connectivity index (χ3v) is 3.54. The van der Waals surface area contributed by atoms with Gasteiger partial charge in [-0.25, -0.2) is 0 Å². The number of aryl methyl sites for hydroxylation is 1. The summed E-state index contributed by atoms with van der Waals surface area (Å²) >= 11 is 0. The van der Waals surface area contributed by atoms with E-state index in [-0.39, 0.29) is 12.2 Å². The van der Waals surface area contributed by atoms with Gasteiger partial charge in [-0.3, -0.25) is 8.98 Å². The highest BCUT2D eigenvalue weighted by Gasteiger charge is 2.02. The average Bonchev–Trinajstić information content (AvgIpc) is 2.36. The molecule has 0 saturated heterocycles. The van der Waals surface area contributed by atoms with Gasteiger partial charge in [0.1, 0.15) is 0 Å². The zero-order chi connectivity index (χ0) is 14.6. The number of fused-ring (bicyclic) bond motifs is 1. The van der Waals surface area contributed by atoms with Crippen molar-refractivity contribution in [1.29, 1.82) is 0 Å². The molecule has 0 amide bonds. The van der Waals surface area contributed by atoms with Gasteiger partial charge < -0.3 is 4.98 Å². The molecule has 1 N–H and O–H groups in total. The maximum Gasteiger partial charge on any atom is 0.264 e. The number of unbranched alkanes of at least 4 members (excludes halogenated alkanes) is 1. The highest BCUT2D eigenvalue weighted by molar-refractivity contribution is 7.85. The van der Waals surface area contributed by atoms with Crippen LogP contribution >= 0.6 is 0 Å². The Bertz CT molecular complexity index is 749. The Labute approximate surface area is 117 Å². The number of hydrogen-bond donors (Lipinski definition) is 1. The van der Waals surface area contributed by atoms with Crippen molar-refractivity contribution in [3.63, 3.8) is 0 Å². The third kappa shape index (κ3) is 4.47. The molecule has 20 heavy (non-hydrogen) atoms. The summed E-state index contributed by atoms with van der Waals surface area (Å²) in [5.74, 6) is 0. The Hall–Kier alpha value is -1.66. The first kappa shape index (κ1) is 14.7. The summed E-state index contributed by atoms with van der Waals surface area (Å²) in [7, 11) is -3.34. The van der Waals surface area contributed by atoms with Crippen LogP contribution in [0.25, 0.3) is 10.9 Å². The van der Waals surface area contributed by atoms with Gasteiger partial charge in [-0.15, -0.1) is 0 Å². The van der Waals surface area contributed by atoms with Crippen LogP contribution in [0.3, 0.4) is 0 Å². The van der Waals surface area contributed by atoms with Crippen molar-refractivity contribution in [3.05, 3.63) is 46.2 Å². The van der Waals surface area contributed by atoms with Crippen LogP contribution in [-0.2, 0) is 20.7 Å². The SMILES string of the molecule is CS(=O)(=O)OCCCCc1ccc2ccc(=O)[nH]c2c1. The summed E-state index contributed by atoms with van der Waals surface area (Å²) < 4.78 is 26.3. The fourth-order valence-electron chi connectivity index (χ4n) is 1.99. The first-order valence-electron chi connectivity index (χ1n) is 6.40. The van der Waals surface area contributed by atoms with Gasteiger partial charge in [0.15, 0.2) is 0 Å². The van der Waals surface area contributed by atoms with E-state index in [1.54, 1.807) is 6.07 Å². The molecular formula is C14H17NO4S. The van der Waals surface area contributed by atoms with Crippen LogP contribution in [0.4, 0.5) is 0 Å². The Balaban J connectivity index is 1.92. The Kier molecular flexibility index (Phi) is 4.57. The Morgan fingerprint density at radius 2 is 1.90 bits per heavy atom. The lowest BCUT2D eigenvalue weighted by Gasteiger charge is -2.04. The van der Waals surface area contributed by atoms with Crippen molar-refractivity contribution in [3.8, 4) is 0 Å². The number of nitrogens with one attached hydrogen (secondary N) is 1. The van der Waals surface area contributed by atoms with E-state index in [4.69, 9.17) is 0 Å². The van der Waals surface area contributed by atoms with Crippen LogP contribution in [0.1, 0.15) is 18.4 Å². The van der Waals surface area contributed by atoms with Gasteiger partial charge in [-0.1, -0.05) is 12.1 Å². The lowest BCUT2D eigenvalue weighted by molar-refractivity contribution is 0.312. The maximum absolute atomic E-state index is 11.3. The number of pyridine rings is 1. The quantitative estimate of drug-likeness (QED) is 0.651. The largest absolute Gasteiger partial charge is 0.322 e. The second-order valence-electron chi connectivity index (χ2n) is 4.73. The fourth-order valence-corrected chi connectivity index (χ4v) is 2.41. The zero-order valence-electron chi connectivity index (χ0n) is 11.3. The van der Waals surface area contributed by atoms with E-state index < -0.39 is 10.1 Å². The molecular weight excluding hydrogens is 278 g/mol. The van der Waals surface area contributed by atoms with Gasteiger partial charge in [0, 0.05) is 11.6 Å². The van der Waals surface area contributed by atoms with Crippen LogP contribution in [0.2, 0.25) is 0 Å². The molecule has 0 fully saturated rings. The second kappa shape index (κ2) is 6.19. The molecule has 1 aromatic heterocycles. The standard InChI is InChI=1S/C14H17NO4S/c1-20(17,18)19-9-3-2-4-11-5-6-12-7-8-14(16)15-13(12)10-11/h5-8,10H,2-4,9H2,1H3,(H,15,16). The molecule has 6 heteroatoms. The topological polar surface area (TPSA) is 76.2 Å². The van der Waals surface area contributed by atoms with Gasteiger partial charge >= 0.3 is 0 Å². The molecule has 0 unspecified atom stereocenters. The summed E-state index contributed by atoms with van der Waals surface area (Å²) in [4.78, 5) is 14.1. The predicted molar refractivity (Wildman–Crippen MR) is 78.3 cm³/mol. The lowest BCUT2D eigenvalue weighted by atomic mass is 10.1. The monoisotopic (exact) mass is 295 g/mol. The van der Waals surface area contributed by atoms with E-state index >= 15 is 0 Å². The smallest absolute Gasteiger partial charge is 0.264 e. The molecule has 5 nitrogen and oxygen atoms in total. The summed E-state index contributed by atoms with van der Waals surface area (Å²) in [6.07, 6.45) is 3.38. The van der Waals surface area contributed by atoms with Crippen molar-refractivity contribution < 1.29 is 12.6 Å². The lowest BCUT2D eigenvalue weighted by Crippen LogP contribution is -2.04. The molecule has 0 aliphatic heterocycles. The molecule has 0 atom stereocenters. The zero-order valence-corrected chi connectivity index (χ0v) is 12.1. The minimum Gasteiger partial charge on any atom is -0.322 e. The van der Waals surface area contributed by atoms with Crippen LogP contribution in [0.5, 0.6) is 0 Å². The van der Waals surface area contributed by atoms with E-state index in [1.165, 1.54) is 6.07 Å². The van der Waals surface area contributed by atoms with Crippen LogP contribution < -0.4 is 5.56 Å². The number of H-pyrrole nitrogens is 1. The highest BCUT2D eigenvalue weighted by Crippen LogP contribution is 2.14. The number of hydrogen-bond acceptors (Lipinski definition) is 4. The maximum atomic E-state index is 11.3. The highest BCUT2D eigenvalue weighted by atomic mass is 32.2. The van der Waals surface area contributed by atoms with E-state index in [9.17, 15) is 13.2 Å². The number of benzene rings is 1. The van der Waals surface area contributed by atoms with Gasteiger partial charge in [0.2, 0.25) is 5.56 Å². The molecule has 0 bridgehead atoms. The number of rotatable bonds is 6. The molecule has 1 aromatic carbocycles. The minimum absolute atomic E-state index is 0.115. The molecule has 0 aliphatic carbocycles. The Morgan fingerprint density at radius 1 is 1.15 bits per heavy atom. The third-order valence-electron chi connectivity index (χ3n) is 2.95. The van der Waals surface area contributed by atoms with Crippen molar-refractivity contribution in [1.82, 2.24) is 4.98 Å². The first-order chi connectivity index (χ1) is 9.44. The van der Waals surface area contributed by atoms with Gasteiger partial charge in [-0.05, 0) is 42.3 Å². The summed E-state index contributed by atoms with van der Waals surface area (Å²) in [6.45, 7) is 0.212. The van der Waals surface area contributed by atoms with Crippen LogP contribution in [0, 0.1) is 0 Å². The predicted octanol–water partition coefficient (Wildman–Crippen LogP) is 1.83. The van der Waals surface area contributed by atoms with Gasteiger partial charge in [0.05, 0.1) is 12.9 Å². The average molecular weight is 295 g/mol. The van der Waals surface area contributed by atoms with Crippen LogP contribution in [-0.4, -0.2) is 26.3 Å². The molecule has 0 radical (unpaired) electrons. The summed E-state index contributed by atoms with van der Waals surface area (Å²) in [6, 6.07) is 9.22. The Morgan fingerprint density at radius 3 is 2.65 bits per heavy atom. The summed E-state index contributed by atoms with van der Waals surface area (Å²) in [5.41, 5.74) is 1.82. The molecule has 0 aliphatic rings. The molecule has 1 heterocycles. The molecule has 2 rings (SSSR count). The van der Waals surface area contributed by atoms with E-state index in [0.29, 0.717) is 6.42 Å². The number of aromatic amines is 1. The fraction of sp³-hybridized carbons (Fsp3) is 0.357. The molecule has 0 saturated carbocycles. The van der Waals surface area contributed by atoms with Crippen molar-refractivity contribution in [2.75, 3.05) is 12.9 Å². The normalized spacial score (nSPS) is 11.8. The molecule has 0 spiro atoms. The van der Waals surface area contributed by atoms with Crippen molar-refractivity contribution >= 4 is 21.0 Å². The number of aromatic nitrogens is 1. The van der Waals surface area contributed by atoms with E-state index in [1.807, 2.05) is 18.2 Å². The van der Waals surface area contributed by atoms with Crippen molar-refractivity contribution in [2.24, 2.45) is 0 Å². The van der Waals surface area contributed by atoms with Gasteiger partial charge in [0.25, 0.3) is 10.1 Å².